The molecule has 0 aromatic carbocycles. The van der Waals surface area contributed by atoms with Crippen LogP contribution in [0.3, 0.4) is 0 Å². The van der Waals surface area contributed by atoms with Crippen LogP contribution in [-0.4, -0.2) is 25.3 Å². The molecular weight excluding hydrogens is 282 g/mol. The first-order chi connectivity index (χ1) is 10.7. The van der Waals surface area contributed by atoms with Crippen molar-refractivity contribution in [3.05, 3.63) is 0 Å². The van der Waals surface area contributed by atoms with Gasteiger partial charge in [0.05, 0.1) is 12.5 Å². The maximum Gasteiger partial charge on any atom is 0.308 e. The minimum absolute atomic E-state index is 0.00253. The Morgan fingerprint density at radius 2 is 1.64 bits per heavy atom. The number of rotatable bonds is 6. The Hall–Kier alpha value is -1.10. The molecule has 0 aliphatic heterocycles. The number of esters is 2. The fraction of sp³-hybridized carbons (Fsp3) is 0.882. The van der Waals surface area contributed by atoms with Crippen LogP contribution in [0.1, 0.15) is 79.1 Å². The zero-order chi connectivity index (χ0) is 17.2. The second-order valence-electron chi connectivity index (χ2n) is 4.87. The Morgan fingerprint density at radius 1 is 1.05 bits per heavy atom. The lowest BCUT2D eigenvalue weighted by Gasteiger charge is -2.19. The topological polar surface area (TPSA) is 78.6 Å². The van der Waals surface area contributed by atoms with E-state index in [1.165, 1.54) is 19.3 Å². The number of ether oxygens (including phenoxy) is 2. The van der Waals surface area contributed by atoms with Crippen LogP contribution in [0.5, 0.6) is 0 Å². The predicted molar refractivity (Wildman–Crippen MR) is 89.2 cm³/mol. The molecule has 0 amide bonds. The summed E-state index contributed by atoms with van der Waals surface area (Å²) in [5.74, 6) is 0.0373. The van der Waals surface area contributed by atoms with Crippen molar-refractivity contribution in [1.82, 2.24) is 0 Å². The molecule has 1 aliphatic rings. The summed E-state index contributed by atoms with van der Waals surface area (Å²) in [5.41, 5.74) is 4.96. The van der Waals surface area contributed by atoms with Crippen molar-refractivity contribution in [3.63, 3.8) is 0 Å². The molecule has 1 fully saturated rings. The first-order valence-corrected chi connectivity index (χ1v) is 8.68. The standard InChI is InChI=1S/C9H16O2.C6H13NO2.C2H6/c1-2-11-9(10)8-6-4-3-5-7-8;1-2-3-4-6(8)9-5-7;1-2/h8H,2-7H2,1H3;2-5,7H2,1H3;1-2H3. The van der Waals surface area contributed by atoms with Gasteiger partial charge in [-0.25, -0.2) is 0 Å². The molecule has 0 saturated heterocycles. The van der Waals surface area contributed by atoms with E-state index in [2.05, 4.69) is 4.74 Å². The van der Waals surface area contributed by atoms with Crippen LogP contribution in [0.15, 0.2) is 0 Å². The molecule has 0 heterocycles. The van der Waals surface area contributed by atoms with Crippen molar-refractivity contribution in [1.29, 1.82) is 0 Å². The summed E-state index contributed by atoms with van der Waals surface area (Å²) in [5, 5.41) is 0. The minimum Gasteiger partial charge on any atom is -0.466 e. The van der Waals surface area contributed by atoms with Gasteiger partial charge in [-0.05, 0) is 26.2 Å². The van der Waals surface area contributed by atoms with Crippen LogP contribution in [-0.2, 0) is 19.1 Å². The van der Waals surface area contributed by atoms with Crippen LogP contribution >= 0.6 is 0 Å². The third kappa shape index (κ3) is 13.9. The average molecular weight is 317 g/mol. The lowest BCUT2D eigenvalue weighted by atomic mass is 9.89. The molecule has 22 heavy (non-hydrogen) atoms. The van der Waals surface area contributed by atoms with E-state index in [1.54, 1.807) is 0 Å². The highest BCUT2D eigenvalue weighted by molar-refractivity contribution is 5.72. The number of nitrogens with two attached hydrogens (primary N) is 1. The molecule has 0 aromatic rings. The molecule has 0 bridgehead atoms. The minimum atomic E-state index is -0.195. The van der Waals surface area contributed by atoms with E-state index in [4.69, 9.17) is 10.5 Å². The van der Waals surface area contributed by atoms with Crippen molar-refractivity contribution >= 4 is 11.9 Å². The highest BCUT2D eigenvalue weighted by atomic mass is 16.5. The number of hydrogen-bond acceptors (Lipinski definition) is 5. The molecule has 0 unspecified atom stereocenters. The SMILES string of the molecule is CC.CCCCC(=O)OCN.CCOC(=O)C1CCCCC1. The molecule has 132 valence electrons. The molecule has 1 aliphatic carbocycles. The van der Waals surface area contributed by atoms with E-state index in [1.807, 2.05) is 27.7 Å². The van der Waals surface area contributed by atoms with Crippen molar-refractivity contribution in [2.45, 2.75) is 79.1 Å². The van der Waals surface area contributed by atoms with Crippen molar-refractivity contribution in [2.75, 3.05) is 13.3 Å². The summed E-state index contributed by atoms with van der Waals surface area (Å²) < 4.78 is 9.43. The lowest BCUT2D eigenvalue weighted by molar-refractivity contribution is -0.149. The summed E-state index contributed by atoms with van der Waals surface area (Å²) >= 11 is 0. The van der Waals surface area contributed by atoms with Crippen molar-refractivity contribution in [2.24, 2.45) is 11.7 Å². The first-order valence-electron chi connectivity index (χ1n) is 8.68. The summed E-state index contributed by atoms with van der Waals surface area (Å²) in [6.45, 7) is 8.41. The van der Waals surface area contributed by atoms with Crippen LogP contribution in [0.2, 0.25) is 0 Å². The molecular formula is C17H35NO4. The zero-order valence-corrected chi connectivity index (χ0v) is 14.9. The van der Waals surface area contributed by atoms with E-state index in [9.17, 15) is 9.59 Å². The van der Waals surface area contributed by atoms with Gasteiger partial charge in [0, 0.05) is 6.42 Å². The molecule has 2 N–H and O–H groups in total. The second-order valence-corrected chi connectivity index (χ2v) is 4.87. The smallest absolute Gasteiger partial charge is 0.308 e. The third-order valence-electron chi connectivity index (χ3n) is 3.20. The molecule has 5 nitrogen and oxygen atoms in total. The molecule has 5 heteroatoms. The molecule has 0 atom stereocenters. The Kier molecular flexibility index (Phi) is 18.9. The first kappa shape index (κ1) is 23.2. The monoisotopic (exact) mass is 317 g/mol. The van der Waals surface area contributed by atoms with Gasteiger partial charge in [-0.15, -0.1) is 0 Å². The Morgan fingerprint density at radius 3 is 2.09 bits per heavy atom. The molecule has 1 rings (SSSR count). The van der Waals surface area contributed by atoms with Gasteiger partial charge in [0.2, 0.25) is 0 Å². The van der Waals surface area contributed by atoms with Gasteiger partial charge in [-0.1, -0.05) is 46.5 Å². The zero-order valence-electron chi connectivity index (χ0n) is 14.9. The van der Waals surface area contributed by atoms with Crippen LogP contribution in [0.4, 0.5) is 0 Å². The maximum atomic E-state index is 11.2. The van der Waals surface area contributed by atoms with Gasteiger partial charge < -0.3 is 9.47 Å². The second kappa shape index (κ2) is 18.0. The van der Waals surface area contributed by atoms with Gasteiger partial charge in [0.1, 0.15) is 6.73 Å². The van der Waals surface area contributed by atoms with Gasteiger partial charge in [0.25, 0.3) is 0 Å². The van der Waals surface area contributed by atoms with Crippen molar-refractivity contribution in [3.8, 4) is 0 Å². The fourth-order valence-corrected chi connectivity index (χ4v) is 2.08. The van der Waals surface area contributed by atoms with Gasteiger partial charge in [-0.2, -0.15) is 0 Å². The van der Waals surface area contributed by atoms with Crippen LogP contribution < -0.4 is 5.73 Å². The number of unbranched alkanes of at least 4 members (excludes halogenated alkanes) is 1. The number of hydrogen-bond donors (Lipinski definition) is 1. The summed E-state index contributed by atoms with van der Waals surface area (Å²) in [6.07, 6.45) is 8.16. The van der Waals surface area contributed by atoms with Crippen LogP contribution in [0, 0.1) is 5.92 Å². The average Bonchev–Trinajstić information content (AvgIpc) is 2.57. The van der Waals surface area contributed by atoms with E-state index >= 15 is 0 Å². The highest BCUT2D eigenvalue weighted by Crippen LogP contribution is 2.24. The summed E-state index contributed by atoms with van der Waals surface area (Å²) in [7, 11) is 0. The third-order valence-corrected chi connectivity index (χ3v) is 3.20. The summed E-state index contributed by atoms with van der Waals surface area (Å²) in [6, 6.07) is 0. The Labute approximate surface area is 135 Å². The van der Waals surface area contributed by atoms with E-state index in [0.29, 0.717) is 13.0 Å². The van der Waals surface area contributed by atoms with Crippen molar-refractivity contribution < 1.29 is 19.1 Å². The predicted octanol–water partition coefficient (Wildman–Crippen LogP) is 3.79. The number of carbonyl (C=O) groups is 2. The lowest BCUT2D eigenvalue weighted by Crippen LogP contribution is -2.20. The maximum absolute atomic E-state index is 11.2. The van der Waals surface area contributed by atoms with Gasteiger partial charge in [0.15, 0.2) is 0 Å². The van der Waals surface area contributed by atoms with Gasteiger partial charge in [-0.3, -0.25) is 15.3 Å². The Balaban J connectivity index is 0. The normalized spacial score (nSPS) is 13.9. The molecule has 1 saturated carbocycles. The van der Waals surface area contributed by atoms with E-state index < -0.39 is 0 Å². The molecule has 0 spiro atoms. The highest BCUT2D eigenvalue weighted by Gasteiger charge is 2.21. The molecule has 0 radical (unpaired) electrons. The quantitative estimate of drug-likeness (QED) is 0.595. The Bertz CT molecular complexity index is 263. The van der Waals surface area contributed by atoms with E-state index in [-0.39, 0.29) is 24.6 Å². The van der Waals surface area contributed by atoms with Crippen LogP contribution in [0.25, 0.3) is 0 Å². The van der Waals surface area contributed by atoms with Gasteiger partial charge >= 0.3 is 11.9 Å². The van der Waals surface area contributed by atoms with E-state index in [0.717, 1.165) is 25.7 Å². The number of carbonyl (C=O) groups excluding carboxylic acids is 2. The largest absolute Gasteiger partial charge is 0.466 e. The summed E-state index contributed by atoms with van der Waals surface area (Å²) in [4.78, 5) is 21.7. The fourth-order valence-electron chi connectivity index (χ4n) is 2.08. The molecule has 0 aromatic heterocycles.